The number of carboxylic acid groups (broad SMARTS) is 1. The molecule has 0 aromatic heterocycles. The van der Waals surface area contributed by atoms with E-state index < -0.39 is 23.8 Å². The Morgan fingerprint density at radius 3 is 2.38 bits per heavy atom. The Hall–Kier alpha value is -2.38. The average Bonchev–Trinajstić information content (AvgIpc) is 2.59. The Balaban J connectivity index is 1.90. The number of nitrogens with one attached hydrogen (secondary N) is 1. The van der Waals surface area contributed by atoms with Gasteiger partial charge in [0.1, 0.15) is 0 Å². The number of hydrogen-bond donors (Lipinski definition) is 3. The van der Waals surface area contributed by atoms with Crippen LogP contribution in [0.5, 0.6) is 0 Å². The van der Waals surface area contributed by atoms with Crippen molar-refractivity contribution in [2.75, 3.05) is 6.54 Å². The SMILES string of the molecule is C[C@H](Cc1ccc(C(=O)O)cc1)NC[C@H](O)c1cccc(C(F)(F)F)c1. The molecule has 0 unspecified atom stereocenters. The largest absolute Gasteiger partial charge is 0.478 e. The van der Waals surface area contributed by atoms with E-state index in [1.165, 1.54) is 24.3 Å². The van der Waals surface area contributed by atoms with Gasteiger partial charge in [-0.1, -0.05) is 24.3 Å². The lowest BCUT2D eigenvalue weighted by atomic mass is 10.0. The topological polar surface area (TPSA) is 69.6 Å². The molecule has 0 bridgehead atoms. The summed E-state index contributed by atoms with van der Waals surface area (Å²) in [7, 11) is 0. The summed E-state index contributed by atoms with van der Waals surface area (Å²) in [5.74, 6) is -0.994. The highest BCUT2D eigenvalue weighted by atomic mass is 19.4. The molecule has 140 valence electrons. The molecule has 0 aliphatic heterocycles. The van der Waals surface area contributed by atoms with Crippen molar-refractivity contribution in [1.29, 1.82) is 0 Å². The van der Waals surface area contributed by atoms with Gasteiger partial charge in [-0.15, -0.1) is 0 Å². The number of carboxylic acids is 1. The van der Waals surface area contributed by atoms with Crippen LogP contribution < -0.4 is 5.32 Å². The molecule has 3 N–H and O–H groups in total. The van der Waals surface area contributed by atoms with Crippen LogP contribution in [0.2, 0.25) is 0 Å². The van der Waals surface area contributed by atoms with Crippen molar-refractivity contribution in [3.63, 3.8) is 0 Å². The van der Waals surface area contributed by atoms with Crippen molar-refractivity contribution in [1.82, 2.24) is 5.32 Å². The van der Waals surface area contributed by atoms with Gasteiger partial charge in [-0.3, -0.25) is 0 Å². The predicted molar refractivity (Wildman–Crippen MR) is 91.0 cm³/mol. The van der Waals surface area contributed by atoms with E-state index in [0.29, 0.717) is 6.42 Å². The fourth-order valence-corrected chi connectivity index (χ4v) is 2.56. The van der Waals surface area contributed by atoms with Crippen LogP contribution in [0.25, 0.3) is 0 Å². The summed E-state index contributed by atoms with van der Waals surface area (Å²) in [5.41, 5.74) is 0.531. The lowest BCUT2D eigenvalue weighted by Gasteiger charge is -2.18. The van der Waals surface area contributed by atoms with Crippen molar-refractivity contribution in [2.24, 2.45) is 0 Å². The number of carbonyl (C=O) groups is 1. The highest BCUT2D eigenvalue weighted by Gasteiger charge is 2.30. The summed E-state index contributed by atoms with van der Waals surface area (Å²) in [5, 5.41) is 22.1. The maximum atomic E-state index is 12.7. The maximum Gasteiger partial charge on any atom is 0.416 e. The number of hydrogen-bond acceptors (Lipinski definition) is 3. The minimum Gasteiger partial charge on any atom is -0.478 e. The molecule has 4 nitrogen and oxygen atoms in total. The van der Waals surface area contributed by atoms with E-state index >= 15 is 0 Å². The first-order chi connectivity index (χ1) is 12.2. The quantitative estimate of drug-likeness (QED) is 0.699. The molecule has 0 spiro atoms. The van der Waals surface area contributed by atoms with Crippen molar-refractivity contribution in [3.8, 4) is 0 Å². The third-order valence-corrected chi connectivity index (χ3v) is 4.00. The number of aliphatic hydroxyl groups excluding tert-OH is 1. The van der Waals surface area contributed by atoms with Crippen molar-refractivity contribution >= 4 is 5.97 Å². The zero-order valence-electron chi connectivity index (χ0n) is 14.1. The summed E-state index contributed by atoms with van der Waals surface area (Å²) >= 11 is 0. The zero-order valence-corrected chi connectivity index (χ0v) is 14.1. The summed E-state index contributed by atoms with van der Waals surface area (Å²) in [6.07, 6.45) is -4.91. The molecule has 0 radical (unpaired) electrons. The first kappa shape index (κ1) is 19.9. The lowest BCUT2D eigenvalue weighted by Crippen LogP contribution is -2.32. The van der Waals surface area contributed by atoms with Gasteiger partial charge >= 0.3 is 12.1 Å². The molecule has 0 aliphatic carbocycles. The first-order valence-corrected chi connectivity index (χ1v) is 8.07. The molecule has 0 fully saturated rings. The standard InChI is InChI=1S/C19H20F3NO3/c1-12(9-13-5-7-14(8-6-13)18(25)26)23-11-17(24)15-3-2-4-16(10-15)19(20,21)22/h2-8,10,12,17,23-24H,9,11H2,1H3,(H,25,26)/t12-,17+/m1/s1. The first-order valence-electron chi connectivity index (χ1n) is 8.07. The van der Waals surface area contributed by atoms with E-state index in [0.717, 1.165) is 17.7 Å². The van der Waals surface area contributed by atoms with E-state index in [-0.39, 0.29) is 23.7 Å². The molecule has 0 saturated heterocycles. The monoisotopic (exact) mass is 367 g/mol. The predicted octanol–water partition coefficient (Wildman–Crippen LogP) is 3.66. The number of aromatic carboxylic acids is 1. The molecule has 7 heteroatoms. The Morgan fingerprint density at radius 1 is 1.15 bits per heavy atom. The van der Waals surface area contributed by atoms with Crippen LogP contribution >= 0.6 is 0 Å². The van der Waals surface area contributed by atoms with Crippen LogP contribution in [0.3, 0.4) is 0 Å². The molecule has 2 aromatic rings. The molecular weight excluding hydrogens is 347 g/mol. The fraction of sp³-hybridized carbons (Fsp3) is 0.316. The molecular formula is C19H20F3NO3. The zero-order chi connectivity index (χ0) is 19.3. The van der Waals surface area contributed by atoms with Gasteiger partial charge in [0, 0.05) is 12.6 Å². The van der Waals surface area contributed by atoms with Gasteiger partial charge in [0.15, 0.2) is 0 Å². The van der Waals surface area contributed by atoms with E-state index in [2.05, 4.69) is 5.32 Å². The second-order valence-corrected chi connectivity index (χ2v) is 6.15. The molecule has 2 rings (SSSR count). The lowest BCUT2D eigenvalue weighted by molar-refractivity contribution is -0.137. The number of alkyl halides is 3. The van der Waals surface area contributed by atoms with Gasteiger partial charge in [0.2, 0.25) is 0 Å². The van der Waals surface area contributed by atoms with Crippen molar-refractivity contribution < 1.29 is 28.2 Å². The van der Waals surface area contributed by atoms with Crippen molar-refractivity contribution in [3.05, 3.63) is 70.8 Å². The Labute approximate surface area is 149 Å². The van der Waals surface area contributed by atoms with E-state index in [4.69, 9.17) is 5.11 Å². The van der Waals surface area contributed by atoms with Gasteiger partial charge in [-0.25, -0.2) is 4.79 Å². The molecule has 0 saturated carbocycles. The van der Waals surface area contributed by atoms with Crippen LogP contribution in [0.15, 0.2) is 48.5 Å². The van der Waals surface area contributed by atoms with Gasteiger partial charge in [0.25, 0.3) is 0 Å². The number of aliphatic hydroxyl groups is 1. The fourth-order valence-electron chi connectivity index (χ4n) is 2.56. The number of rotatable bonds is 7. The third kappa shape index (κ3) is 5.57. The second-order valence-electron chi connectivity index (χ2n) is 6.15. The molecule has 2 atom stereocenters. The number of benzene rings is 2. The summed E-state index contributed by atoms with van der Waals surface area (Å²) in [4.78, 5) is 10.8. The van der Waals surface area contributed by atoms with Gasteiger partial charge in [0.05, 0.1) is 17.2 Å². The molecule has 2 aromatic carbocycles. The summed E-state index contributed by atoms with van der Waals surface area (Å²) < 4.78 is 38.2. The number of halogens is 3. The third-order valence-electron chi connectivity index (χ3n) is 4.00. The second kappa shape index (κ2) is 8.33. The highest BCUT2D eigenvalue weighted by Crippen LogP contribution is 2.30. The molecule has 26 heavy (non-hydrogen) atoms. The Kier molecular flexibility index (Phi) is 6.39. The van der Waals surface area contributed by atoms with Gasteiger partial charge in [-0.05, 0) is 48.7 Å². The van der Waals surface area contributed by atoms with Crippen LogP contribution in [0.1, 0.15) is 40.1 Å². The minimum absolute atomic E-state index is 0.0499. The smallest absolute Gasteiger partial charge is 0.416 e. The minimum atomic E-state index is -4.45. The highest BCUT2D eigenvalue weighted by molar-refractivity contribution is 5.87. The Bertz CT molecular complexity index is 744. The summed E-state index contributed by atoms with van der Waals surface area (Å²) in [6, 6.07) is 11.0. The average molecular weight is 367 g/mol. The van der Waals surface area contributed by atoms with Gasteiger partial charge in [-0.2, -0.15) is 13.2 Å². The molecule has 0 aliphatic rings. The van der Waals surface area contributed by atoms with E-state index in [1.54, 1.807) is 12.1 Å². The van der Waals surface area contributed by atoms with Crippen LogP contribution in [-0.4, -0.2) is 28.8 Å². The normalized spacial score (nSPS) is 14.0. The van der Waals surface area contributed by atoms with E-state index in [9.17, 15) is 23.1 Å². The summed E-state index contributed by atoms with van der Waals surface area (Å²) in [6.45, 7) is 1.99. The van der Waals surface area contributed by atoms with Crippen LogP contribution in [0, 0.1) is 0 Å². The van der Waals surface area contributed by atoms with Crippen LogP contribution in [0.4, 0.5) is 13.2 Å². The Morgan fingerprint density at radius 2 is 1.81 bits per heavy atom. The molecule has 0 amide bonds. The van der Waals surface area contributed by atoms with Crippen LogP contribution in [-0.2, 0) is 12.6 Å². The maximum absolute atomic E-state index is 12.7. The van der Waals surface area contributed by atoms with Crippen molar-refractivity contribution in [2.45, 2.75) is 31.7 Å². The van der Waals surface area contributed by atoms with Gasteiger partial charge < -0.3 is 15.5 Å². The van der Waals surface area contributed by atoms with E-state index in [1.807, 2.05) is 6.92 Å². The molecule has 0 heterocycles.